The Kier molecular flexibility index (Phi) is 3.98. The van der Waals surface area contributed by atoms with Crippen molar-refractivity contribution >= 4 is 17.2 Å². The highest BCUT2D eigenvalue weighted by Gasteiger charge is 2.31. The molecule has 5 nitrogen and oxygen atoms in total. The molecule has 2 aromatic rings. The third-order valence-electron chi connectivity index (χ3n) is 3.83. The second kappa shape index (κ2) is 5.92. The molecule has 116 valence electrons. The number of nitrogens with one attached hydrogen (secondary N) is 1. The maximum atomic E-state index is 13.9. The van der Waals surface area contributed by atoms with Gasteiger partial charge in [-0.1, -0.05) is 17.4 Å². The first-order chi connectivity index (χ1) is 10.6. The number of halogens is 1. The molecule has 0 saturated carbocycles. The Morgan fingerprint density at radius 2 is 2.32 bits per heavy atom. The van der Waals surface area contributed by atoms with Crippen LogP contribution in [0, 0.1) is 5.82 Å². The largest absolute Gasteiger partial charge is 0.494 e. The summed E-state index contributed by atoms with van der Waals surface area (Å²) in [5.74, 6) is -0.484. The van der Waals surface area contributed by atoms with E-state index in [2.05, 4.69) is 4.98 Å². The van der Waals surface area contributed by atoms with Gasteiger partial charge in [0.05, 0.1) is 13.2 Å². The van der Waals surface area contributed by atoms with E-state index >= 15 is 0 Å². The number of ether oxygens (including phenoxy) is 1. The first-order valence-corrected chi connectivity index (χ1v) is 7.80. The van der Waals surface area contributed by atoms with Crippen molar-refractivity contribution in [1.82, 2.24) is 9.88 Å². The molecule has 1 amide bonds. The molecule has 1 fully saturated rings. The number of carbonyl (C=O) groups excluding carboxylic acids is 1. The van der Waals surface area contributed by atoms with Gasteiger partial charge in [0.15, 0.2) is 11.6 Å². The number of thiazole rings is 1. The van der Waals surface area contributed by atoms with Gasteiger partial charge in [-0.05, 0) is 30.5 Å². The Labute approximate surface area is 130 Å². The van der Waals surface area contributed by atoms with E-state index in [4.69, 9.17) is 4.74 Å². The maximum Gasteiger partial charge on any atom is 0.305 e. The number of aromatic amines is 1. The maximum absolute atomic E-state index is 13.9. The monoisotopic (exact) mass is 322 g/mol. The van der Waals surface area contributed by atoms with Gasteiger partial charge in [-0.15, -0.1) is 0 Å². The average Bonchev–Trinajstić information content (AvgIpc) is 3.15. The van der Waals surface area contributed by atoms with Crippen LogP contribution in [-0.4, -0.2) is 29.4 Å². The topological polar surface area (TPSA) is 62.4 Å². The molecule has 1 aliphatic heterocycles. The van der Waals surface area contributed by atoms with E-state index in [1.807, 2.05) is 0 Å². The van der Waals surface area contributed by atoms with Crippen LogP contribution >= 0.6 is 11.3 Å². The number of nitrogens with zero attached hydrogens (tertiary/aromatic N) is 1. The van der Waals surface area contributed by atoms with Crippen LogP contribution in [0.5, 0.6) is 5.75 Å². The summed E-state index contributed by atoms with van der Waals surface area (Å²) >= 11 is 0.961. The molecule has 0 aliphatic carbocycles. The lowest BCUT2D eigenvalue weighted by atomic mass is 10.0. The molecule has 0 radical (unpaired) electrons. The Balaban J connectivity index is 1.88. The predicted molar refractivity (Wildman–Crippen MR) is 80.9 cm³/mol. The highest BCUT2D eigenvalue weighted by molar-refractivity contribution is 7.07. The van der Waals surface area contributed by atoms with Gasteiger partial charge >= 0.3 is 4.87 Å². The Bertz CT molecular complexity index is 755. The van der Waals surface area contributed by atoms with Gasteiger partial charge in [-0.25, -0.2) is 4.39 Å². The number of hydrogen-bond acceptors (Lipinski definition) is 4. The van der Waals surface area contributed by atoms with Crippen LogP contribution in [-0.2, 0) is 0 Å². The molecule has 1 aromatic carbocycles. The van der Waals surface area contributed by atoms with Gasteiger partial charge in [0.2, 0.25) is 0 Å². The molecule has 1 unspecified atom stereocenters. The molecule has 3 rings (SSSR count). The molecular weight excluding hydrogens is 307 g/mol. The number of likely N-dealkylation sites (tertiary alicyclic amines) is 1. The summed E-state index contributed by atoms with van der Waals surface area (Å²) in [6.45, 7) is 0.592. The molecule has 1 N–H and O–H groups in total. The predicted octanol–water partition coefficient (Wildman–Crippen LogP) is 2.56. The molecule has 22 heavy (non-hydrogen) atoms. The lowest BCUT2D eigenvalue weighted by Crippen LogP contribution is -2.31. The molecule has 1 atom stereocenters. The Hall–Kier alpha value is -2.15. The third-order valence-corrected chi connectivity index (χ3v) is 4.49. The fourth-order valence-corrected chi connectivity index (χ4v) is 3.34. The second-order valence-corrected chi connectivity index (χ2v) is 5.95. The molecule has 0 bridgehead atoms. The van der Waals surface area contributed by atoms with Crippen LogP contribution in [0.25, 0.3) is 0 Å². The van der Waals surface area contributed by atoms with E-state index in [1.165, 1.54) is 18.6 Å². The van der Waals surface area contributed by atoms with Gasteiger partial charge in [0.1, 0.15) is 5.69 Å². The fourth-order valence-electron chi connectivity index (χ4n) is 2.79. The van der Waals surface area contributed by atoms with Crippen molar-refractivity contribution in [1.29, 1.82) is 0 Å². The van der Waals surface area contributed by atoms with Crippen molar-refractivity contribution in [2.75, 3.05) is 13.7 Å². The van der Waals surface area contributed by atoms with Crippen molar-refractivity contribution in [2.24, 2.45) is 0 Å². The summed E-state index contributed by atoms with van der Waals surface area (Å²) in [5.41, 5.74) is 1.03. The quantitative estimate of drug-likeness (QED) is 0.944. The summed E-state index contributed by atoms with van der Waals surface area (Å²) in [6.07, 6.45) is 1.62. The standard InChI is InChI=1S/C15H15FN2O3S/c1-21-13-5-4-9(7-10(13)16)12-3-2-6-18(12)14(19)11-8-22-15(20)17-11/h4-5,7-8,12H,2-3,6H2,1H3,(H,17,20). The van der Waals surface area contributed by atoms with Crippen molar-refractivity contribution in [2.45, 2.75) is 18.9 Å². The number of hydrogen-bond donors (Lipinski definition) is 1. The second-order valence-electron chi connectivity index (χ2n) is 5.11. The summed E-state index contributed by atoms with van der Waals surface area (Å²) in [6, 6.07) is 4.56. The number of H-pyrrole nitrogens is 1. The molecule has 1 aromatic heterocycles. The zero-order valence-electron chi connectivity index (χ0n) is 12.0. The molecule has 2 heterocycles. The highest BCUT2D eigenvalue weighted by atomic mass is 32.1. The van der Waals surface area contributed by atoms with Crippen LogP contribution in [0.15, 0.2) is 28.4 Å². The number of amides is 1. The van der Waals surface area contributed by atoms with E-state index < -0.39 is 5.82 Å². The Morgan fingerprint density at radius 3 is 2.95 bits per heavy atom. The molecule has 1 aliphatic rings. The number of carbonyl (C=O) groups is 1. The van der Waals surface area contributed by atoms with E-state index in [1.54, 1.807) is 17.0 Å². The summed E-state index contributed by atoms with van der Waals surface area (Å²) < 4.78 is 18.8. The van der Waals surface area contributed by atoms with Crippen LogP contribution in [0.4, 0.5) is 4.39 Å². The van der Waals surface area contributed by atoms with Gasteiger partial charge < -0.3 is 14.6 Å². The lowest BCUT2D eigenvalue weighted by Gasteiger charge is -2.24. The van der Waals surface area contributed by atoms with Gasteiger partial charge in [-0.3, -0.25) is 9.59 Å². The third kappa shape index (κ3) is 2.64. The smallest absolute Gasteiger partial charge is 0.305 e. The molecule has 0 spiro atoms. The van der Waals surface area contributed by atoms with Gasteiger partial charge in [-0.2, -0.15) is 0 Å². The Morgan fingerprint density at radius 1 is 1.50 bits per heavy atom. The first kappa shape index (κ1) is 14.8. The minimum atomic E-state index is -0.441. The molecule has 1 saturated heterocycles. The first-order valence-electron chi connectivity index (χ1n) is 6.92. The van der Waals surface area contributed by atoms with E-state index in [9.17, 15) is 14.0 Å². The number of aromatic nitrogens is 1. The number of benzene rings is 1. The van der Waals surface area contributed by atoms with Crippen molar-refractivity contribution in [3.05, 3.63) is 50.3 Å². The zero-order chi connectivity index (χ0) is 15.7. The minimum Gasteiger partial charge on any atom is -0.494 e. The van der Waals surface area contributed by atoms with Crippen molar-refractivity contribution in [3.8, 4) is 5.75 Å². The van der Waals surface area contributed by atoms with Gasteiger partial charge in [0.25, 0.3) is 5.91 Å². The van der Waals surface area contributed by atoms with Crippen LogP contribution in [0.3, 0.4) is 0 Å². The summed E-state index contributed by atoms with van der Waals surface area (Å²) in [4.78, 5) is 27.7. The normalized spacial score (nSPS) is 17.7. The molecular formula is C15H15FN2O3S. The van der Waals surface area contributed by atoms with Crippen LogP contribution in [0.1, 0.15) is 34.9 Å². The van der Waals surface area contributed by atoms with E-state index in [-0.39, 0.29) is 28.3 Å². The molecule has 7 heteroatoms. The minimum absolute atomic E-state index is 0.182. The highest BCUT2D eigenvalue weighted by Crippen LogP contribution is 2.34. The fraction of sp³-hybridized carbons (Fsp3) is 0.333. The average molecular weight is 322 g/mol. The summed E-state index contributed by atoms with van der Waals surface area (Å²) in [5, 5.41) is 1.52. The number of methoxy groups -OCH3 is 1. The summed E-state index contributed by atoms with van der Waals surface area (Å²) in [7, 11) is 1.41. The lowest BCUT2D eigenvalue weighted by molar-refractivity contribution is 0.0730. The number of rotatable bonds is 3. The van der Waals surface area contributed by atoms with Crippen LogP contribution < -0.4 is 9.61 Å². The van der Waals surface area contributed by atoms with E-state index in [0.29, 0.717) is 6.54 Å². The van der Waals surface area contributed by atoms with Gasteiger partial charge in [0, 0.05) is 11.9 Å². The van der Waals surface area contributed by atoms with Crippen LogP contribution in [0.2, 0.25) is 0 Å². The SMILES string of the molecule is COc1ccc(C2CCCN2C(=O)c2csc(=O)[nH]2)cc1F. The van der Waals surface area contributed by atoms with Crippen molar-refractivity contribution < 1.29 is 13.9 Å². The van der Waals surface area contributed by atoms with E-state index in [0.717, 1.165) is 29.7 Å². The zero-order valence-corrected chi connectivity index (χ0v) is 12.8. The van der Waals surface area contributed by atoms with Crippen molar-refractivity contribution in [3.63, 3.8) is 0 Å².